The first kappa shape index (κ1) is 16.4. The summed E-state index contributed by atoms with van der Waals surface area (Å²) in [4.78, 5) is 17.9. The van der Waals surface area contributed by atoms with E-state index in [0.717, 1.165) is 10.4 Å². The van der Waals surface area contributed by atoms with Crippen molar-refractivity contribution in [2.75, 3.05) is 5.32 Å². The fourth-order valence-corrected chi connectivity index (χ4v) is 3.42. The number of aromatic nitrogens is 5. The lowest BCUT2D eigenvalue weighted by molar-refractivity contribution is 0.102. The summed E-state index contributed by atoms with van der Waals surface area (Å²) in [6, 6.07) is 8.32. The van der Waals surface area contributed by atoms with Crippen LogP contribution in [0, 0.1) is 5.82 Å². The van der Waals surface area contributed by atoms with E-state index in [-0.39, 0.29) is 11.5 Å². The molecule has 1 amide bonds. The van der Waals surface area contributed by atoms with Gasteiger partial charge in [-0.15, -0.1) is 16.4 Å². The van der Waals surface area contributed by atoms with Crippen molar-refractivity contribution in [3.63, 3.8) is 0 Å². The molecule has 0 saturated heterocycles. The third kappa shape index (κ3) is 3.08. The number of imidazole rings is 1. The second-order valence-electron chi connectivity index (χ2n) is 5.65. The maximum Gasteiger partial charge on any atom is 0.280 e. The molecule has 0 aliphatic carbocycles. The summed E-state index contributed by atoms with van der Waals surface area (Å²) in [5.74, 6) is -0.425. The highest BCUT2D eigenvalue weighted by Gasteiger charge is 2.16. The smallest absolute Gasteiger partial charge is 0.280 e. The van der Waals surface area contributed by atoms with Crippen molar-refractivity contribution in [1.29, 1.82) is 0 Å². The van der Waals surface area contributed by atoms with Gasteiger partial charge >= 0.3 is 0 Å². The first-order valence-electron chi connectivity index (χ1n) is 8.03. The SMILES string of the molecule is CCn1c(NC(=O)c2cn(Cc3cccs3)nn2)nc2cc(F)ccc21. The standard InChI is InChI=1S/C17H15FN6OS/c1-2-24-15-6-5-11(18)8-13(15)19-17(24)20-16(25)14-10-23(22-21-14)9-12-4-3-7-26-12/h3-8,10H,2,9H2,1H3,(H,19,20,25). The lowest BCUT2D eigenvalue weighted by Gasteiger charge is -2.06. The lowest BCUT2D eigenvalue weighted by atomic mass is 10.3. The number of fused-ring (bicyclic) bond motifs is 1. The van der Waals surface area contributed by atoms with Crippen LogP contribution in [0.4, 0.5) is 10.3 Å². The molecule has 0 spiro atoms. The van der Waals surface area contributed by atoms with Crippen molar-refractivity contribution in [3.05, 3.63) is 58.3 Å². The number of amides is 1. The summed E-state index contributed by atoms with van der Waals surface area (Å²) in [6.45, 7) is 3.07. The van der Waals surface area contributed by atoms with Crippen molar-refractivity contribution < 1.29 is 9.18 Å². The van der Waals surface area contributed by atoms with Gasteiger partial charge in [-0.2, -0.15) is 0 Å². The second-order valence-corrected chi connectivity index (χ2v) is 6.68. The van der Waals surface area contributed by atoms with Crippen LogP contribution in [-0.2, 0) is 13.1 Å². The Hall–Kier alpha value is -3.07. The molecule has 4 rings (SSSR count). The molecule has 1 N–H and O–H groups in total. The van der Waals surface area contributed by atoms with Gasteiger partial charge in [-0.3, -0.25) is 10.1 Å². The van der Waals surface area contributed by atoms with E-state index in [0.29, 0.717) is 24.6 Å². The summed E-state index contributed by atoms with van der Waals surface area (Å²) in [7, 11) is 0. The Kier molecular flexibility index (Phi) is 4.21. The van der Waals surface area contributed by atoms with Crippen molar-refractivity contribution in [3.8, 4) is 0 Å². The number of carbonyl (C=O) groups excluding carboxylic acids is 1. The van der Waals surface area contributed by atoms with E-state index in [2.05, 4.69) is 20.6 Å². The molecule has 3 heterocycles. The highest BCUT2D eigenvalue weighted by Crippen LogP contribution is 2.21. The van der Waals surface area contributed by atoms with E-state index in [1.165, 1.54) is 12.1 Å². The maximum absolute atomic E-state index is 13.4. The first-order chi connectivity index (χ1) is 12.6. The Morgan fingerprint density at radius 1 is 1.35 bits per heavy atom. The van der Waals surface area contributed by atoms with Gasteiger partial charge in [0.15, 0.2) is 5.69 Å². The van der Waals surface area contributed by atoms with Gasteiger partial charge in [0.25, 0.3) is 5.91 Å². The van der Waals surface area contributed by atoms with E-state index in [1.807, 2.05) is 29.0 Å². The summed E-state index contributed by atoms with van der Waals surface area (Å²) >= 11 is 1.61. The number of anilines is 1. The average molecular weight is 370 g/mol. The fraction of sp³-hybridized carbons (Fsp3) is 0.176. The van der Waals surface area contributed by atoms with E-state index in [4.69, 9.17) is 0 Å². The van der Waals surface area contributed by atoms with Gasteiger partial charge in [0.2, 0.25) is 5.95 Å². The first-order valence-corrected chi connectivity index (χ1v) is 8.91. The molecular formula is C17H15FN6OS. The molecule has 0 aliphatic rings. The number of halogens is 1. The molecule has 0 bridgehead atoms. The Bertz CT molecular complexity index is 1070. The topological polar surface area (TPSA) is 77.6 Å². The number of rotatable bonds is 5. The Balaban J connectivity index is 1.56. The molecule has 0 aliphatic heterocycles. The number of benzene rings is 1. The molecule has 3 aromatic heterocycles. The van der Waals surface area contributed by atoms with Crippen LogP contribution >= 0.6 is 11.3 Å². The average Bonchev–Trinajstić information content (AvgIpc) is 3.34. The van der Waals surface area contributed by atoms with Crippen LogP contribution in [0.5, 0.6) is 0 Å². The van der Waals surface area contributed by atoms with Crippen molar-refractivity contribution in [1.82, 2.24) is 24.5 Å². The molecule has 26 heavy (non-hydrogen) atoms. The zero-order valence-corrected chi connectivity index (χ0v) is 14.7. The van der Waals surface area contributed by atoms with Gasteiger partial charge < -0.3 is 4.57 Å². The van der Waals surface area contributed by atoms with Gasteiger partial charge in [-0.25, -0.2) is 14.1 Å². The second kappa shape index (κ2) is 6.68. The van der Waals surface area contributed by atoms with Crippen LogP contribution in [0.3, 0.4) is 0 Å². The summed E-state index contributed by atoms with van der Waals surface area (Å²) < 4.78 is 16.8. The molecule has 0 fully saturated rings. The maximum atomic E-state index is 13.4. The molecule has 1 aromatic carbocycles. The zero-order chi connectivity index (χ0) is 18.1. The third-order valence-corrected chi connectivity index (χ3v) is 4.78. The Labute approximate surface area is 152 Å². The van der Waals surface area contributed by atoms with Crippen LogP contribution < -0.4 is 5.32 Å². The van der Waals surface area contributed by atoms with Gasteiger partial charge in [0.1, 0.15) is 5.82 Å². The number of aryl methyl sites for hydroxylation is 1. The molecule has 132 valence electrons. The Morgan fingerprint density at radius 2 is 2.23 bits per heavy atom. The summed E-state index contributed by atoms with van der Waals surface area (Å²) in [5, 5.41) is 12.6. The van der Waals surface area contributed by atoms with E-state index in [1.54, 1.807) is 28.3 Å². The summed E-state index contributed by atoms with van der Waals surface area (Å²) in [6.07, 6.45) is 1.59. The summed E-state index contributed by atoms with van der Waals surface area (Å²) in [5.41, 5.74) is 1.44. The molecule has 0 unspecified atom stereocenters. The minimum atomic E-state index is -0.409. The molecule has 0 radical (unpaired) electrons. The zero-order valence-electron chi connectivity index (χ0n) is 13.9. The molecule has 7 nitrogen and oxygen atoms in total. The van der Waals surface area contributed by atoms with Gasteiger partial charge in [0, 0.05) is 17.5 Å². The normalized spacial score (nSPS) is 11.2. The molecule has 4 aromatic rings. The highest BCUT2D eigenvalue weighted by atomic mass is 32.1. The fourth-order valence-electron chi connectivity index (χ4n) is 2.73. The lowest BCUT2D eigenvalue weighted by Crippen LogP contribution is -2.16. The van der Waals surface area contributed by atoms with Crippen LogP contribution in [0.15, 0.2) is 41.9 Å². The van der Waals surface area contributed by atoms with E-state index >= 15 is 0 Å². The van der Waals surface area contributed by atoms with Crippen LogP contribution in [0.1, 0.15) is 22.3 Å². The van der Waals surface area contributed by atoms with E-state index < -0.39 is 5.91 Å². The predicted molar refractivity (Wildman–Crippen MR) is 96.8 cm³/mol. The van der Waals surface area contributed by atoms with E-state index in [9.17, 15) is 9.18 Å². The van der Waals surface area contributed by atoms with Crippen molar-refractivity contribution in [2.45, 2.75) is 20.0 Å². The largest absolute Gasteiger partial charge is 0.310 e. The van der Waals surface area contributed by atoms with Crippen LogP contribution in [-0.4, -0.2) is 30.5 Å². The van der Waals surface area contributed by atoms with Gasteiger partial charge in [-0.1, -0.05) is 11.3 Å². The third-order valence-electron chi connectivity index (χ3n) is 3.92. The monoisotopic (exact) mass is 370 g/mol. The number of carbonyl (C=O) groups is 1. The predicted octanol–water partition coefficient (Wildman–Crippen LogP) is 3.15. The van der Waals surface area contributed by atoms with Gasteiger partial charge in [0.05, 0.1) is 23.8 Å². The quantitative estimate of drug-likeness (QED) is 0.585. The highest BCUT2D eigenvalue weighted by molar-refractivity contribution is 7.09. The van der Waals surface area contributed by atoms with Crippen molar-refractivity contribution >= 4 is 34.2 Å². The van der Waals surface area contributed by atoms with Crippen molar-refractivity contribution in [2.24, 2.45) is 0 Å². The van der Waals surface area contributed by atoms with Crippen LogP contribution in [0.2, 0.25) is 0 Å². The minimum Gasteiger partial charge on any atom is -0.310 e. The van der Waals surface area contributed by atoms with Crippen LogP contribution in [0.25, 0.3) is 11.0 Å². The molecule has 9 heteroatoms. The minimum absolute atomic E-state index is 0.197. The Morgan fingerprint density at radius 3 is 3.00 bits per heavy atom. The number of nitrogens with one attached hydrogen (secondary N) is 1. The number of nitrogens with zero attached hydrogens (tertiary/aromatic N) is 5. The number of thiophene rings is 1. The molecule has 0 saturated carbocycles. The molecular weight excluding hydrogens is 355 g/mol. The molecule has 0 atom stereocenters. The number of hydrogen-bond donors (Lipinski definition) is 1. The van der Waals surface area contributed by atoms with Gasteiger partial charge in [-0.05, 0) is 30.5 Å². The number of hydrogen-bond acceptors (Lipinski definition) is 5.